The molecule has 0 aromatic heterocycles. The Kier molecular flexibility index (Phi) is 5.58. The van der Waals surface area contributed by atoms with Crippen molar-refractivity contribution in [2.24, 2.45) is 0 Å². The zero-order chi connectivity index (χ0) is 17.7. The minimum Gasteiger partial charge on any atom is -0.392 e. The molecule has 0 spiro atoms. The van der Waals surface area contributed by atoms with E-state index < -0.39 is 22.0 Å². The topological polar surface area (TPSA) is 95.5 Å². The first-order valence-electron chi connectivity index (χ1n) is 7.44. The smallest absolute Gasteiger partial charge is 0.261 e. The summed E-state index contributed by atoms with van der Waals surface area (Å²) in [6.07, 6.45) is -0.677. The maximum atomic E-state index is 12.4. The molecule has 1 amide bonds. The molecule has 2 aromatic rings. The van der Waals surface area contributed by atoms with Crippen LogP contribution in [0.5, 0.6) is 0 Å². The molecular weight excluding hydrogens is 328 g/mol. The maximum absolute atomic E-state index is 12.4. The van der Waals surface area contributed by atoms with E-state index in [1.807, 2.05) is 6.92 Å². The Morgan fingerprint density at radius 2 is 1.83 bits per heavy atom. The maximum Gasteiger partial charge on any atom is 0.261 e. The van der Waals surface area contributed by atoms with Crippen molar-refractivity contribution in [3.05, 3.63) is 59.7 Å². The van der Waals surface area contributed by atoms with E-state index in [9.17, 15) is 18.3 Å². The standard InChI is InChI=1S/C17H20N2O4S/c1-12-6-8-15(9-7-12)19-24(22,23)16-5-3-4-14(10-16)17(21)18-11-13(2)20/h3-10,13,19-20H,11H2,1-2H3,(H,18,21). The van der Waals surface area contributed by atoms with Gasteiger partial charge in [-0.3, -0.25) is 9.52 Å². The van der Waals surface area contributed by atoms with Gasteiger partial charge in [0.25, 0.3) is 15.9 Å². The SMILES string of the molecule is Cc1ccc(NS(=O)(=O)c2cccc(C(=O)NCC(C)O)c2)cc1. The number of rotatable bonds is 6. The summed E-state index contributed by atoms with van der Waals surface area (Å²) in [6.45, 7) is 3.55. The molecule has 128 valence electrons. The molecule has 0 fully saturated rings. The van der Waals surface area contributed by atoms with Crippen molar-refractivity contribution >= 4 is 21.6 Å². The Balaban J connectivity index is 2.20. The summed E-state index contributed by atoms with van der Waals surface area (Å²) < 4.78 is 27.4. The van der Waals surface area contributed by atoms with Gasteiger partial charge in [-0.25, -0.2) is 8.42 Å². The fourth-order valence-corrected chi connectivity index (χ4v) is 3.09. The summed E-state index contributed by atoms with van der Waals surface area (Å²) in [5.74, 6) is -0.441. The Morgan fingerprint density at radius 1 is 1.17 bits per heavy atom. The van der Waals surface area contributed by atoms with Crippen LogP contribution >= 0.6 is 0 Å². The van der Waals surface area contributed by atoms with Gasteiger partial charge in [0.1, 0.15) is 0 Å². The van der Waals surface area contributed by atoms with E-state index in [-0.39, 0.29) is 17.0 Å². The fraction of sp³-hybridized carbons (Fsp3) is 0.235. The van der Waals surface area contributed by atoms with Crippen LogP contribution in [-0.4, -0.2) is 32.1 Å². The van der Waals surface area contributed by atoms with Gasteiger partial charge in [0, 0.05) is 17.8 Å². The molecule has 2 rings (SSSR count). The Morgan fingerprint density at radius 3 is 2.46 bits per heavy atom. The second-order valence-electron chi connectivity index (χ2n) is 5.56. The summed E-state index contributed by atoms with van der Waals surface area (Å²) in [5.41, 5.74) is 1.68. The highest BCUT2D eigenvalue weighted by Gasteiger charge is 2.16. The quantitative estimate of drug-likeness (QED) is 0.743. The monoisotopic (exact) mass is 348 g/mol. The van der Waals surface area contributed by atoms with Crippen LogP contribution in [-0.2, 0) is 10.0 Å². The van der Waals surface area contributed by atoms with Crippen LogP contribution in [0, 0.1) is 6.92 Å². The van der Waals surface area contributed by atoms with Gasteiger partial charge in [-0.1, -0.05) is 23.8 Å². The number of nitrogens with one attached hydrogen (secondary N) is 2. The lowest BCUT2D eigenvalue weighted by atomic mass is 10.2. The average molecular weight is 348 g/mol. The largest absolute Gasteiger partial charge is 0.392 e. The van der Waals surface area contributed by atoms with Gasteiger partial charge in [-0.2, -0.15) is 0 Å². The predicted molar refractivity (Wildman–Crippen MR) is 92.4 cm³/mol. The molecule has 0 aliphatic carbocycles. The Labute approximate surface area is 141 Å². The van der Waals surface area contributed by atoms with Crippen LogP contribution in [0.4, 0.5) is 5.69 Å². The third-order valence-electron chi connectivity index (χ3n) is 3.27. The molecule has 0 aliphatic heterocycles. The lowest BCUT2D eigenvalue weighted by molar-refractivity contribution is 0.0924. The minimum atomic E-state index is -3.79. The van der Waals surface area contributed by atoms with E-state index in [2.05, 4.69) is 10.0 Å². The molecule has 7 heteroatoms. The van der Waals surface area contributed by atoms with Gasteiger partial charge in [0.15, 0.2) is 0 Å². The molecule has 1 unspecified atom stereocenters. The number of amides is 1. The molecule has 3 N–H and O–H groups in total. The molecular formula is C17H20N2O4S. The second-order valence-corrected chi connectivity index (χ2v) is 7.24. The molecule has 0 bridgehead atoms. The van der Waals surface area contributed by atoms with Crippen molar-refractivity contribution in [1.29, 1.82) is 0 Å². The number of aryl methyl sites for hydroxylation is 1. The Hall–Kier alpha value is -2.38. The summed E-state index contributed by atoms with van der Waals surface area (Å²) in [7, 11) is -3.79. The molecule has 0 aliphatic rings. The number of carbonyl (C=O) groups is 1. The van der Waals surface area contributed by atoms with Crippen LogP contribution in [0.3, 0.4) is 0 Å². The summed E-state index contributed by atoms with van der Waals surface area (Å²) >= 11 is 0. The number of hydrogen-bond acceptors (Lipinski definition) is 4. The summed E-state index contributed by atoms with van der Waals surface area (Å²) in [6, 6.07) is 12.7. The highest BCUT2D eigenvalue weighted by atomic mass is 32.2. The summed E-state index contributed by atoms with van der Waals surface area (Å²) in [4.78, 5) is 12.0. The van der Waals surface area contributed by atoms with E-state index in [4.69, 9.17) is 0 Å². The van der Waals surface area contributed by atoms with Crippen LogP contribution in [0.25, 0.3) is 0 Å². The van der Waals surface area contributed by atoms with Crippen molar-refractivity contribution in [3.63, 3.8) is 0 Å². The number of benzene rings is 2. The first-order valence-corrected chi connectivity index (χ1v) is 8.92. The van der Waals surface area contributed by atoms with Crippen molar-refractivity contribution in [2.75, 3.05) is 11.3 Å². The zero-order valence-corrected chi connectivity index (χ0v) is 14.3. The molecule has 1 atom stereocenters. The van der Waals surface area contributed by atoms with Crippen molar-refractivity contribution < 1.29 is 18.3 Å². The lowest BCUT2D eigenvalue weighted by Gasteiger charge is -2.10. The first-order chi connectivity index (χ1) is 11.3. The van der Waals surface area contributed by atoms with E-state index in [1.165, 1.54) is 24.3 Å². The summed E-state index contributed by atoms with van der Waals surface area (Å²) in [5, 5.41) is 11.7. The van der Waals surface area contributed by atoms with Gasteiger partial charge in [-0.05, 0) is 44.2 Å². The molecule has 0 heterocycles. The van der Waals surface area contributed by atoms with Gasteiger partial charge in [0.05, 0.1) is 11.0 Å². The highest BCUT2D eigenvalue weighted by Crippen LogP contribution is 2.17. The van der Waals surface area contributed by atoms with Crippen LogP contribution < -0.4 is 10.0 Å². The fourth-order valence-electron chi connectivity index (χ4n) is 1.98. The second kappa shape index (κ2) is 7.46. The van der Waals surface area contributed by atoms with Gasteiger partial charge < -0.3 is 10.4 Å². The van der Waals surface area contributed by atoms with Gasteiger partial charge in [0.2, 0.25) is 0 Å². The van der Waals surface area contributed by atoms with E-state index in [0.717, 1.165) is 5.56 Å². The van der Waals surface area contributed by atoms with Gasteiger partial charge >= 0.3 is 0 Å². The number of aliphatic hydroxyl groups excluding tert-OH is 1. The predicted octanol–water partition coefficient (Wildman–Crippen LogP) is 1.91. The van der Waals surface area contributed by atoms with E-state index in [0.29, 0.717) is 5.69 Å². The number of carbonyl (C=O) groups excluding carboxylic acids is 1. The number of hydrogen-bond donors (Lipinski definition) is 3. The number of anilines is 1. The normalized spacial score (nSPS) is 12.5. The van der Waals surface area contributed by atoms with Crippen LogP contribution in [0.2, 0.25) is 0 Å². The van der Waals surface area contributed by atoms with Crippen LogP contribution in [0.15, 0.2) is 53.4 Å². The van der Waals surface area contributed by atoms with Gasteiger partial charge in [-0.15, -0.1) is 0 Å². The van der Waals surface area contributed by atoms with Crippen LogP contribution in [0.1, 0.15) is 22.8 Å². The lowest BCUT2D eigenvalue weighted by Crippen LogP contribution is -2.30. The van der Waals surface area contributed by atoms with Crippen molar-refractivity contribution in [1.82, 2.24) is 5.32 Å². The molecule has 24 heavy (non-hydrogen) atoms. The number of aliphatic hydroxyl groups is 1. The third kappa shape index (κ3) is 4.81. The zero-order valence-electron chi connectivity index (χ0n) is 13.5. The highest BCUT2D eigenvalue weighted by molar-refractivity contribution is 7.92. The third-order valence-corrected chi connectivity index (χ3v) is 4.65. The molecule has 0 saturated heterocycles. The molecule has 0 radical (unpaired) electrons. The average Bonchev–Trinajstić information content (AvgIpc) is 2.54. The number of sulfonamides is 1. The van der Waals surface area contributed by atoms with Crippen molar-refractivity contribution in [3.8, 4) is 0 Å². The van der Waals surface area contributed by atoms with E-state index >= 15 is 0 Å². The van der Waals surface area contributed by atoms with Crippen molar-refractivity contribution in [2.45, 2.75) is 24.8 Å². The first kappa shape index (κ1) is 18.0. The molecule has 2 aromatic carbocycles. The Bertz CT molecular complexity index is 815. The minimum absolute atomic E-state index is 0.00669. The molecule has 6 nitrogen and oxygen atoms in total. The van der Waals surface area contributed by atoms with E-state index in [1.54, 1.807) is 31.2 Å². The molecule has 0 saturated carbocycles.